The molecule has 0 fully saturated rings. The Morgan fingerprint density at radius 2 is 1.90 bits per heavy atom. The summed E-state index contributed by atoms with van der Waals surface area (Å²) >= 11 is 3.17. The van der Waals surface area contributed by atoms with E-state index in [-0.39, 0.29) is 5.82 Å². The molecule has 2 rings (SSSR count). The van der Waals surface area contributed by atoms with E-state index in [0.29, 0.717) is 22.2 Å². The molecule has 20 heavy (non-hydrogen) atoms. The fourth-order valence-electron chi connectivity index (χ4n) is 1.88. The first kappa shape index (κ1) is 15.0. The van der Waals surface area contributed by atoms with E-state index in [0.717, 1.165) is 12.2 Å². The van der Waals surface area contributed by atoms with Gasteiger partial charge in [-0.2, -0.15) is 0 Å². The maximum atomic E-state index is 13.5. The van der Waals surface area contributed by atoms with Gasteiger partial charge in [-0.1, -0.05) is 31.2 Å². The molecule has 2 aromatic carbocycles. The minimum absolute atomic E-state index is 0.291. The van der Waals surface area contributed by atoms with Crippen molar-refractivity contribution in [2.45, 2.75) is 19.4 Å². The van der Waals surface area contributed by atoms with E-state index < -0.39 is 6.10 Å². The van der Waals surface area contributed by atoms with Crippen molar-refractivity contribution in [1.82, 2.24) is 0 Å². The van der Waals surface area contributed by atoms with Gasteiger partial charge in [-0.15, -0.1) is 0 Å². The maximum Gasteiger partial charge on any atom is 0.137 e. The molecule has 106 valence electrons. The predicted octanol–water partition coefficient (Wildman–Crippen LogP) is 4.46. The molecular formula is C16H16BrFO2. The number of hydrogen-bond acceptors (Lipinski definition) is 2. The number of hydrogen-bond donors (Lipinski definition) is 1. The minimum Gasteiger partial charge on any atom is -0.494 e. The van der Waals surface area contributed by atoms with Crippen molar-refractivity contribution in [3.63, 3.8) is 0 Å². The van der Waals surface area contributed by atoms with E-state index in [2.05, 4.69) is 15.9 Å². The predicted molar refractivity (Wildman–Crippen MR) is 80.4 cm³/mol. The molecule has 0 aliphatic carbocycles. The standard InChI is InChI=1S/C16H16BrFO2/c1-2-10-20-12-8-6-11(7-9-12)16(19)13-4-3-5-14(18)15(13)17/h3-9,16,19H,2,10H2,1H3. The molecule has 0 aliphatic rings. The molecule has 0 aliphatic heterocycles. The van der Waals surface area contributed by atoms with Crippen LogP contribution < -0.4 is 4.74 Å². The summed E-state index contributed by atoms with van der Waals surface area (Å²) in [5.41, 5.74) is 1.20. The highest BCUT2D eigenvalue weighted by molar-refractivity contribution is 9.10. The van der Waals surface area contributed by atoms with E-state index in [4.69, 9.17) is 4.74 Å². The van der Waals surface area contributed by atoms with Crippen LogP contribution in [0.3, 0.4) is 0 Å². The third-order valence-electron chi connectivity index (χ3n) is 2.94. The van der Waals surface area contributed by atoms with Gasteiger partial charge in [0.2, 0.25) is 0 Å². The van der Waals surface area contributed by atoms with Crippen LogP contribution in [0.1, 0.15) is 30.6 Å². The van der Waals surface area contributed by atoms with Crippen LogP contribution in [0.2, 0.25) is 0 Å². The second kappa shape index (κ2) is 6.86. The first-order valence-electron chi connectivity index (χ1n) is 6.48. The second-order valence-electron chi connectivity index (χ2n) is 4.46. The van der Waals surface area contributed by atoms with Gasteiger partial charge < -0.3 is 9.84 Å². The molecule has 2 nitrogen and oxygen atoms in total. The summed E-state index contributed by atoms with van der Waals surface area (Å²) in [5, 5.41) is 10.3. The van der Waals surface area contributed by atoms with Crippen LogP contribution in [-0.4, -0.2) is 11.7 Å². The SMILES string of the molecule is CCCOc1ccc(C(O)c2cccc(F)c2Br)cc1. The zero-order valence-corrected chi connectivity index (χ0v) is 12.7. The Morgan fingerprint density at radius 1 is 1.20 bits per heavy atom. The molecule has 1 unspecified atom stereocenters. The Bertz CT molecular complexity index is 569. The zero-order valence-electron chi connectivity index (χ0n) is 11.1. The van der Waals surface area contributed by atoms with Gasteiger partial charge >= 0.3 is 0 Å². The summed E-state index contributed by atoms with van der Waals surface area (Å²) in [6.45, 7) is 2.71. The molecule has 0 heterocycles. The van der Waals surface area contributed by atoms with E-state index in [9.17, 15) is 9.50 Å². The van der Waals surface area contributed by atoms with Gasteiger partial charge in [-0.25, -0.2) is 4.39 Å². The number of aliphatic hydroxyl groups excluding tert-OH is 1. The Kier molecular flexibility index (Phi) is 5.15. The molecule has 0 spiro atoms. The monoisotopic (exact) mass is 338 g/mol. The third kappa shape index (κ3) is 3.38. The molecular weight excluding hydrogens is 323 g/mol. The fourth-order valence-corrected chi connectivity index (χ4v) is 2.36. The van der Waals surface area contributed by atoms with Gasteiger partial charge in [-0.3, -0.25) is 0 Å². The highest BCUT2D eigenvalue weighted by atomic mass is 79.9. The normalized spacial score (nSPS) is 12.2. The van der Waals surface area contributed by atoms with Crippen LogP contribution >= 0.6 is 15.9 Å². The van der Waals surface area contributed by atoms with E-state index in [1.807, 2.05) is 6.92 Å². The summed E-state index contributed by atoms with van der Waals surface area (Å²) < 4.78 is 19.3. The summed E-state index contributed by atoms with van der Waals surface area (Å²) in [5.74, 6) is 0.380. The van der Waals surface area contributed by atoms with Crippen LogP contribution in [0.4, 0.5) is 4.39 Å². The highest BCUT2D eigenvalue weighted by Gasteiger charge is 2.15. The van der Waals surface area contributed by atoms with Gasteiger partial charge in [-0.05, 0) is 46.1 Å². The minimum atomic E-state index is -0.875. The van der Waals surface area contributed by atoms with Crippen LogP contribution in [0, 0.1) is 5.82 Å². The Labute approximate surface area is 126 Å². The van der Waals surface area contributed by atoms with Crippen LogP contribution in [-0.2, 0) is 0 Å². The molecule has 0 aromatic heterocycles. The van der Waals surface area contributed by atoms with Crippen LogP contribution in [0.5, 0.6) is 5.75 Å². The van der Waals surface area contributed by atoms with E-state index >= 15 is 0 Å². The number of rotatable bonds is 5. The lowest BCUT2D eigenvalue weighted by atomic mass is 10.0. The molecule has 0 bridgehead atoms. The van der Waals surface area contributed by atoms with Crippen LogP contribution in [0.25, 0.3) is 0 Å². The number of benzene rings is 2. The Balaban J connectivity index is 2.20. The topological polar surface area (TPSA) is 29.5 Å². The fraction of sp³-hybridized carbons (Fsp3) is 0.250. The molecule has 0 radical (unpaired) electrons. The molecule has 0 saturated carbocycles. The van der Waals surface area contributed by atoms with Crippen molar-refractivity contribution in [1.29, 1.82) is 0 Å². The molecule has 4 heteroatoms. The lowest BCUT2D eigenvalue weighted by molar-refractivity contribution is 0.218. The van der Waals surface area contributed by atoms with E-state index in [1.165, 1.54) is 6.07 Å². The van der Waals surface area contributed by atoms with Crippen molar-refractivity contribution >= 4 is 15.9 Å². The van der Waals surface area contributed by atoms with Gasteiger partial charge in [0.1, 0.15) is 17.7 Å². The number of halogens is 2. The number of aliphatic hydroxyl groups is 1. The molecule has 1 N–H and O–H groups in total. The second-order valence-corrected chi connectivity index (χ2v) is 5.26. The van der Waals surface area contributed by atoms with Crippen molar-refractivity contribution in [2.75, 3.05) is 6.61 Å². The summed E-state index contributed by atoms with van der Waals surface area (Å²) in [7, 11) is 0. The molecule has 1 atom stereocenters. The zero-order chi connectivity index (χ0) is 14.5. The maximum absolute atomic E-state index is 13.5. The Morgan fingerprint density at radius 3 is 2.55 bits per heavy atom. The Hall–Kier alpha value is -1.39. The van der Waals surface area contributed by atoms with Gasteiger partial charge in [0.05, 0.1) is 11.1 Å². The average Bonchev–Trinajstić information content (AvgIpc) is 2.48. The van der Waals surface area contributed by atoms with Crippen molar-refractivity contribution in [3.05, 3.63) is 63.9 Å². The lowest BCUT2D eigenvalue weighted by Crippen LogP contribution is -2.02. The van der Waals surface area contributed by atoms with E-state index in [1.54, 1.807) is 36.4 Å². The largest absolute Gasteiger partial charge is 0.494 e. The smallest absolute Gasteiger partial charge is 0.137 e. The summed E-state index contributed by atoms with van der Waals surface area (Å²) in [6.07, 6.45) is 0.0703. The molecule has 2 aromatic rings. The highest BCUT2D eigenvalue weighted by Crippen LogP contribution is 2.31. The average molecular weight is 339 g/mol. The van der Waals surface area contributed by atoms with Crippen molar-refractivity contribution in [3.8, 4) is 5.75 Å². The quantitative estimate of drug-likeness (QED) is 0.872. The summed E-state index contributed by atoms with van der Waals surface area (Å²) in [4.78, 5) is 0. The molecule has 0 amide bonds. The first-order valence-corrected chi connectivity index (χ1v) is 7.27. The van der Waals surface area contributed by atoms with Gasteiger partial charge in [0, 0.05) is 5.56 Å². The van der Waals surface area contributed by atoms with Crippen LogP contribution in [0.15, 0.2) is 46.9 Å². The van der Waals surface area contributed by atoms with Crippen molar-refractivity contribution in [2.24, 2.45) is 0 Å². The number of ether oxygens (including phenoxy) is 1. The third-order valence-corrected chi connectivity index (χ3v) is 3.78. The van der Waals surface area contributed by atoms with Gasteiger partial charge in [0.15, 0.2) is 0 Å². The summed E-state index contributed by atoms with van der Waals surface area (Å²) in [6, 6.07) is 11.8. The van der Waals surface area contributed by atoms with Gasteiger partial charge in [0.25, 0.3) is 0 Å². The first-order chi connectivity index (χ1) is 9.63. The lowest BCUT2D eigenvalue weighted by Gasteiger charge is -2.14. The molecule has 0 saturated heterocycles. The van der Waals surface area contributed by atoms with Crippen molar-refractivity contribution < 1.29 is 14.2 Å².